The standard InChI is InChI=1S/C16H22O4/c1-3-5-6-7-8-11-9-10-13(15(17)18)14(16(19)20)12(11)4-2/h9-10H,3-8H2,1-2H3,(H,17,18)(H,19,20). The minimum absolute atomic E-state index is 0.0482. The van der Waals surface area contributed by atoms with Crippen LogP contribution in [0.4, 0.5) is 0 Å². The molecular formula is C16H22O4. The number of hydrogen-bond donors (Lipinski definition) is 2. The van der Waals surface area contributed by atoms with Crippen LogP contribution in [0.3, 0.4) is 0 Å². The fourth-order valence-electron chi connectivity index (χ4n) is 2.49. The van der Waals surface area contributed by atoms with Gasteiger partial charge in [-0.05, 0) is 36.5 Å². The van der Waals surface area contributed by atoms with Gasteiger partial charge in [0.15, 0.2) is 0 Å². The van der Waals surface area contributed by atoms with Gasteiger partial charge in [0.2, 0.25) is 0 Å². The van der Waals surface area contributed by atoms with Gasteiger partial charge < -0.3 is 10.2 Å². The maximum atomic E-state index is 11.4. The third kappa shape index (κ3) is 3.83. The van der Waals surface area contributed by atoms with Gasteiger partial charge in [0, 0.05) is 0 Å². The fourth-order valence-corrected chi connectivity index (χ4v) is 2.49. The Morgan fingerprint density at radius 1 is 1.00 bits per heavy atom. The van der Waals surface area contributed by atoms with E-state index in [0.717, 1.165) is 31.2 Å². The highest BCUT2D eigenvalue weighted by atomic mass is 16.4. The topological polar surface area (TPSA) is 74.6 Å². The van der Waals surface area contributed by atoms with E-state index in [1.807, 2.05) is 6.92 Å². The van der Waals surface area contributed by atoms with Gasteiger partial charge in [-0.1, -0.05) is 39.2 Å². The molecule has 0 saturated heterocycles. The van der Waals surface area contributed by atoms with Gasteiger partial charge >= 0.3 is 11.9 Å². The van der Waals surface area contributed by atoms with Crippen molar-refractivity contribution >= 4 is 11.9 Å². The molecule has 1 rings (SSSR count). The molecule has 1 aromatic rings. The van der Waals surface area contributed by atoms with Crippen molar-refractivity contribution in [2.45, 2.75) is 52.4 Å². The molecule has 0 unspecified atom stereocenters. The SMILES string of the molecule is CCCCCCc1ccc(C(=O)O)c(C(=O)O)c1CC. The monoisotopic (exact) mass is 278 g/mol. The van der Waals surface area contributed by atoms with Crippen LogP contribution in [0.15, 0.2) is 12.1 Å². The Morgan fingerprint density at radius 2 is 1.70 bits per heavy atom. The molecule has 0 fully saturated rings. The van der Waals surface area contributed by atoms with Crippen molar-refractivity contribution in [2.75, 3.05) is 0 Å². The number of carboxylic acid groups (broad SMARTS) is 2. The zero-order valence-corrected chi connectivity index (χ0v) is 12.1. The first-order valence-electron chi connectivity index (χ1n) is 7.14. The van der Waals surface area contributed by atoms with Crippen LogP contribution < -0.4 is 0 Å². The molecule has 0 aliphatic carbocycles. The summed E-state index contributed by atoms with van der Waals surface area (Å²) in [6.07, 6.45) is 5.78. The highest BCUT2D eigenvalue weighted by Crippen LogP contribution is 2.22. The van der Waals surface area contributed by atoms with Crippen molar-refractivity contribution in [1.29, 1.82) is 0 Å². The van der Waals surface area contributed by atoms with E-state index in [9.17, 15) is 14.7 Å². The molecule has 0 aliphatic heterocycles. The molecule has 1 aromatic carbocycles. The van der Waals surface area contributed by atoms with Crippen molar-refractivity contribution in [2.24, 2.45) is 0 Å². The fraction of sp³-hybridized carbons (Fsp3) is 0.500. The number of carbonyl (C=O) groups is 2. The quantitative estimate of drug-likeness (QED) is 0.710. The van der Waals surface area contributed by atoms with Crippen LogP contribution in [0, 0.1) is 0 Å². The number of rotatable bonds is 8. The van der Waals surface area contributed by atoms with E-state index in [4.69, 9.17) is 5.11 Å². The lowest BCUT2D eigenvalue weighted by Gasteiger charge is -2.13. The van der Waals surface area contributed by atoms with Gasteiger partial charge in [0.25, 0.3) is 0 Å². The van der Waals surface area contributed by atoms with Crippen molar-refractivity contribution in [3.05, 3.63) is 34.4 Å². The number of benzene rings is 1. The summed E-state index contributed by atoms with van der Waals surface area (Å²) in [6.45, 7) is 4.00. The first-order chi connectivity index (χ1) is 9.52. The molecule has 0 atom stereocenters. The van der Waals surface area contributed by atoms with Crippen LogP contribution in [0.2, 0.25) is 0 Å². The van der Waals surface area contributed by atoms with Gasteiger partial charge in [-0.3, -0.25) is 0 Å². The Bertz CT molecular complexity index is 491. The molecule has 4 nitrogen and oxygen atoms in total. The van der Waals surface area contributed by atoms with Crippen LogP contribution in [0.25, 0.3) is 0 Å². The molecule has 0 aliphatic rings. The van der Waals surface area contributed by atoms with E-state index < -0.39 is 11.9 Å². The summed E-state index contributed by atoms with van der Waals surface area (Å²) in [5, 5.41) is 18.4. The van der Waals surface area contributed by atoms with Crippen molar-refractivity contribution in [3.8, 4) is 0 Å². The van der Waals surface area contributed by atoms with E-state index in [0.29, 0.717) is 12.0 Å². The molecular weight excluding hydrogens is 256 g/mol. The van der Waals surface area contributed by atoms with Gasteiger partial charge in [0.05, 0.1) is 11.1 Å². The highest BCUT2D eigenvalue weighted by molar-refractivity contribution is 6.03. The summed E-state index contributed by atoms with van der Waals surface area (Å²) in [4.78, 5) is 22.5. The molecule has 0 bridgehead atoms. The largest absolute Gasteiger partial charge is 0.478 e. The summed E-state index contributed by atoms with van der Waals surface area (Å²) < 4.78 is 0. The number of carboxylic acids is 2. The van der Waals surface area contributed by atoms with E-state index in [1.54, 1.807) is 6.07 Å². The lowest BCUT2D eigenvalue weighted by atomic mass is 9.91. The van der Waals surface area contributed by atoms with Gasteiger partial charge in [-0.25, -0.2) is 9.59 Å². The lowest BCUT2D eigenvalue weighted by molar-refractivity contribution is 0.0650. The smallest absolute Gasteiger partial charge is 0.336 e. The molecule has 0 heterocycles. The number of unbranched alkanes of at least 4 members (excludes halogenated alkanes) is 3. The minimum atomic E-state index is -1.19. The van der Waals surface area contributed by atoms with Crippen molar-refractivity contribution < 1.29 is 19.8 Å². The first kappa shape index (κ1) is 16.2. The van der Waals surface area contributed by atoms with Gasteiger partial charge in [-0.2, -0.15) is 0 Å². The Kier molecular flexibility index (Phi) is 6.22. The molecule has 0 spiro atoms. The molecule has 0 amide bonds. The second-order valence-electron chi connectivity index (χ2n) is 4.90. The zero-order chi connectivity index (χ0) is 15.1. The summed E-state index contributed by atoms with van der Waals surface area (Å²) in [6, 6.07) is 3.18. The Labute approximate surface area is 119 Å². The predicted molar refractivity (Wildman–Crippen MR) is 77.6 cm³/mol. The van der Waals surface area contributed by atoms with Crippen molar-refractivity contribution in [1.82, 2.24) is 0 Å². The predicted octanol–water partition coefficient (Wildman–Crippen LogP) is 3.77. The average Bonchev–Trinajstić information content (AvgIpc) is 2.42. The first-order valence-corrected chi connectivity index (χ1v) is 7.14. The van der Waals surface area contributed by atoms with Gasteiger partial charge in [-0.15, -0.1) is 0 Å². The number of hydrogen-bond acceptors (Lipinski definition) is 2. The Balaban J connectivity index is 3.11. The van der Waals surface area contributed by atoms with E-state index >= 15 is 0 Å². The lowest BCUT2D eigenvalue weighted by Crippen LogP contribution is -2.13. The number of aromatic carboxylic acids is 2. The second-order valence-corrected chi connectivity index (χ2v) is 4.90. The van der Waals surface area contributed by atoms with E-state index in [1.165, 1.54) is 12.5 Å². The van der Waals surface area contributed by atoms with Crippen LogP contribution in [0.1, 0.15) is 71.4 Å². The Morgan fingerprint density at radius 3 is 2.20 bits per heavy atom. The van der Waals surface area contributed by atoms with Crippen LogP contribution in [-0.4, -0.2) is 22.2 Å². The Hall–Kier alpha value is -1.84. The summed E-state index contributed by atoms with van der Waals surface area (Å²) in [7, 11) is 0. The summed E-state index contributed by atoms with van der Waals surface area (Å²) in [5.41, 5.74) is 1.46. The third-order valence-electron chi connectivity index (χ3n) is 3.51. The molecule has 0 radical (unpaired) electrons. The minimum Gasteiger partial charge on any atom is -0.478 e. The molecule has 2 N–H and O–H groups in total. The van der Waals surface area contributed by atoms with E-state index in [2.05, 4.69) is 6.92 Å². The average molecular weight is 278 g/mol. The molecule has 4 heteroatoms. The maximum absolute atomic E-state index is 11.4. The van der Waals surface area contributed by atoms with Crippen LogP contribution in [0.5, 0.6) is 0 Å². The zero-order valence-electron chi connectivity index (χ0n) is 12.1. The molecule has 20 heavy (non-hydrogen) atoms. The molecule has 0 aromatic heterocycles. The summed E-state index contributed by atoms with van der Waals surface area (Å²) >= 11 is 0. The van der Waals surface area contributed by atoms with Crippen molar-refractivity contribution in [3.63, 3.8) is 0 Å². The highest BCUT2D eigenvalue weighted by Gasteiger charge is 2.21. The van der Waals surface area contributed by atoms with Gasteiger partial charge in [0.1, 0.15) is 0 Å². The normalized spacial score (nSPS) is 10.5. The van der Waals surface area contributed by atoms with Crippen LogP contribution >= 0.6 is 0 Å². The van der Waals surface area contributed by atoms with Crippen LogP contribution in [-0.2, 0) is 12.8 Å². The number of aryl methyl sites for hydroxylation is 1. The molecule has 0 saturated carbocycles. The maximum Gasteiger partial charge on any atom is 0.336 e. The van der Waals surface area contributed by atoms with E-state index in [-0.39, 0.29) is 11.1 Å². The summed E-state index contributed by atoms with van der Waals surface area (Å²) in [5.74, 6) is -2.34. The molecule has 110 valence electrons. The third-order valence-corrected chi connectivity index (χ3v) is 3.51. The second kappa shape index (κ2) is 7.68.